The number of methoxy groups -OCH3 is 1. The normalized spacial score (nSPS) is 19.5. The number of carbonyl (C=O) groups excluding carboxylic acids is 1. The Bertz CT molecular complexity index is 724. The molecule has 1 aliphatic heterocycles. The number of anilines is 1. The number of nitrogens with zero attached hydrogens (tertiary/aromatic N) is 2. The first-order chi connectivity index (χ1) is 10.5. The van der Waals surface area contributed by atoms with E-state index < -0.39 is 5.97 Å². The standard InChI is InChI=1S/C16H19N3O2S/c1-16(2)13(11-7-5-4-6-10(11)8-22-16)19-9-18-14(17)12(19)15(20)21-3/h4-7,9,13H,8,17H2,1-3H3. The molecule has 0 spiro atoms. The SMILES string of the molecule is COC(=O)c1c(N)ncn1C1c2ccccc2CSC1(C)C. The number of nitrogen functional groups attached to an aromatic ring is 1. The molecule has 2 aromatic rings. The molecule has 1 aromatic carbocycles. The van der Waals surface area contributed by atoms with Crippen LogP contribution in [0.15, 0.2) is 30.6 Å². The minimum Gasteiger partial charge on any atom is -0.464 e. The number of nitrogens with two attached hydrogens (primary N) is 1. The molecule has 3 rings (SSSR count). The Morgan fingerprint density at radius 3 is 2.91 bits per heavy atom. The van der Waals surface area contributed by atoms with Crippen LogP contribution in [0.4, 0.5) is 5.82 Å². The predicted molar refractivity (Wildman–Crippen MR) is 87.9 cm³/mol. The number of thioether (sulfide) groups is 1. The highest BCUT2D eigenvalue weighted by Gasteiger charge is 2.40. The molecule has 0 amide bonds. The van der Waals surface area contributed by atoms with Crippen LogP contribution < -0.4 is 5.73 Å². The van der Waals surface area contributed by atoms with E-state index in [-0.39, 0.29) is 16.6 Å². The van der Waals surface area contributed by atoms with Crippen molar-refractivity contribution < 1.29 is 9.53 Å². The first kappa shape index (κ1) is 15.0. The van der Waals surface area contributed by atoms with Gasteiger partial charge in [-0.15, -0.1) is 11.8 Å². The number of carbonyl (C=O) groups is 1. The summed E-state index contributed by atoms with van der Waals surface area (Å²) in [7, 11) is 1.35. The monoisotopic (exact) mass is 317 g/mol. The molecule has 2 N–H and O–H groups in total. The van der Waals surface area contributed by atoms with Gasteiger partial charge in [-0.2, -0.15) is 0 Å². The van der Waals surface area contributed by atoms with Crippen LogP contribution in [-0.2, 0) is 10.5 Å². The lowest BCUT2D eigenvalue weighted by atomic mass is 9.90. The van der Waals surface area contributed by atoms with Crippen LogP contribution in [0, 0.1) is 0 Å². The summed E-state index contributed by atoms with van der Waals surface area (Å²) in [4.78, 5) is 16.2. The van der Waals surface area contributed by atoms with Gasteiger partial charge in [-0.25, -0.2) is 9.78 Å². The van der Waals surface area contributed by atoms with E-state index in [1.165, 1.54) is 18.2 Å². The minimum absolute atomic E-state index is 0.0265. The fourth-order valence-electron chi connectivity index (χ4n) is 3.01. The number of hydrogen-bond donors (Lipinski definition) is 1. The molecule has 0 bridgehead atoms. The van der Waals surface area contributed by atoms with Gasteiger partial charge in [0.1, 0.15) is 0 Å². The Kier molecular flexibility index (Phi) is 3.64. The number of hydrogen-bond acceptors (Lipinski definition) is 5. The highest BCUT2D eigenvalue weighted by Crippen LogP contribution is 2.48. The zero-order valence-corrected chi connectivity index (χ0v) is 13.7. The zero-order valence-electron chi connectivity index (χ0n) is 12.9. The van der Waals surface area contributed by atoms with Crippen molar-refractivity contribution in [2.75, 3.05) is 12.8 Å². The molecule has 1 aromatic heterocycles. The number of imidazole rings is 1. The van der Waals surface area contributed by atoms with E-state index in [4.69, 9.17) is 10.5 Å². The van der Waals surface area contributed by atoms with Crippen molar-refractivity contribution in [3.05, 3.63) is 47.4 Å². The molecule has 1 atom stereocenters. The molecule has 2 heterocycles. The summed E-state index contributed by atoms with van der Waals surface area (Å²) in [5.74, 6) is 0.701. The topological polar surface area (TPSA) is 70.1 Å². The van der Waals surface area contributed by atoms with Crippen LogP contribution in [-0.4, -0.2) is 27.4 Å². The molecule has 6 heteroatoms. The Morgan fingerprint density at radius 2 is 2.18 bits per heavy atom. The second kappa shape index (κ2) is 5.35. The fraction of sp³-hybridized carbons (Fsp3) is 0.375. The van der Waals surface area contributed by atoms with Crippen LogP contribution in [0.2, 0.25) is 0 Å². The molecule has 1 unspecified atom stereocenters. The first-order valence-corrected chi connectivity index (χ1v) is 8.06. The van der Waals surface area contributed by atoms with Crippen LogP contribution in [0.3, 0.4) is 0 Å². The Hall–Kier alpha value is -1.95. The van der Waals surface area contributed by atoms with Crippen molar-refractivity contribution in [2.24, 2.45) is 0 Å². The van der Waals surface area contributed by atoms with Gasteiger partial charge in [0.05, 0.1) is 19.5 Å². The Labute approximate surface area is 133 Å². The van der Waals surface area contributed by atoms with Gasteiger partial charge in [-0.3, -0.25) is 0 Å². The van der Waals surface area contributed by atoms with Gasteiger partial charge in [0.25, 0.3) is 0 Å². The summed E-state index contributed by atoms with van der Waals surface area (Å²) in [6.07, 6.45) is 1.64. The van der Waals surface area contributed by atoms with E-state index >= 15 is 0 Å². The molecule has 1 aliphatic rings. The van der Waals surface area contributed by atoms with Gasteiger partial charge in [-0.05, 0) is 25.0 Å². The first-order valence-electron chi connectivity index (χ1n) is 7.08. The fourth-order valence-corrected chi connectivity index (χ4v) is 4.20. The van der Waals surface area contributed by atoms with Crippen molar-refractivity contribution in [2.45, 2.75) is 30.4 Å². The van der Waals surface area contributed by atoms with Gasteiger partial charge in [0.15, 0.2) is 11.5 Å². The molecule has 116 valence electrons. The molecule has 0 saturated carbocycles. The minimum atomic E-state index is -0.459. The predicted octanol–water partition coefficient (Wildman–Crippen LogP) is 2.87. The highest BCUT2D eigenvalue weighted by molar-refractivity contribution is 8.00. The number of rotatable bonds is 2. The molecule has 0 radical (unpaired) electrons. The number of benzene rings is 1. The van der Waals surface area contributed by atoms with E-state index in [0.29, 0.717) is 5.69 Å². The number of ether oxygens (including phenoxy) is 1. The second-order valence-electron chi connectivity index (χ2n) is 5.87. The lowest BCUT2D eigenvalue weighted by Crippen LogP contribution is -2.36. The lowest BCUT2D eigenvalue weighted by Gasteiger charge is -2.40. The van der Waals surface area contributed by atoms with Crippen LogP contribution in [0.1, 0.15) is 41.5 Å². The molecular formula is C16H19N3O2S. The third kappa shape index (κ3) is 2.27. The summed E-state index contributed by atoms with van der Waals surface area (Å²) in [6.45, 7) is 4.35. The third-order valence-corrected chi connectivity index (χ3v) is 5.51. The van der Waals surface area contributed by atoms with Gasteiger partial charge in [0.2, 0.25) is 0 Å². The van der Waals surface area contributed by atoms with Crippen molar-refractivity contribution in [1.29, 1.82) is 0 Å². The quantitative estimate of drug-likeness (QED) is 0.863. The van der Waals surface area contributed by atoms with Crippen molar-refractivity contribution in [3.8, 4) is 0 Å². The Balaban J connectivity index is 2.20. The summed E-state index contributed by atoms with van der Waals surface area (Å²) in [5.41, 5.74) is 8.69. The maximum Gasteiger partial charge on any atom is 0.358 e. The van der Waals surface area contributed by atoms with Gasteiger partial charge in [0, 0.05) is 10.5 Å². The average molecular weight is 317 g/mol. The third-order valence-electron chi connectivity index (χ3n) is 4.09. The van der Waals surface area contributed by atoms with E-state index in [1.807, 2.05) is 28.5 Å². The smallest absolute Gasteiger partial charge is 0.358 e. The number of aromatic nitrogens is 2. The maximum absolute atomic E-state index is 12.1. The summed E-state index contributed by atoms with van der Waals surface area (Å²) < 4.78 is 6.64. The van der Waals surface area contributed by atoms with E-state index in [2.05, 4.69) is 31.0 Å². The van der Waals surface area contributed by atoms with Gasteiger partial charge < -0.3 is 15.0 Å². The molecule has 0 saturated heterocycles. The average Bonchev–Trinajstić information content (AvgIpc) is 2.87. The summed E-state index contributed by atoms with van der Waals surface area (Å²) in [5, 5.41) is 0. The summed E-state index contributed by atoms with van der Waals surface area (Å²) in [6, 6.07) is 8.27. The zero-order chi connectivity index (χ0) is 15.9. The van der Waals surface area contributed by atoms with Crippen LogP contribution in [0.5, 0.6) is 0 Å². The van der Waals surface area contributed by atoms with E-state index in [0.717, 1.165) is 5.75 Å². The van der Waals surface area contributed by atoms with E-state index in [1.54, 1.807) is 6.33 Å². The van der Waals surface area contributed by atoms with Crippen molar-refractivity contribution in [1.82, 2.24) is 9.55 Å². The molecule has 0 aliphatic carbocycles. The van der Waals surface area contributed by atoms with Crippen LogP contribution in [0.25, 0.3) is 0 Å². The molecule has 22 heavy (non-hydrogen) atoms. The van der Waals surface area contributed by atoms with Crippen LogP contribution >= 0.6 is 11.8 Å². The number of esters is 1. The summed E-state index contributed by atoms with van der Waals surface area (Å²) >= 11 is 1.86. The molecular weight excluding hydrogens is 298 g/mol. The van der Waals surface area contributed by atoms with E-state index in [9.17, 15) is 4.79 Å². The highest BCUT2D eigenvalue weighted by atomic mass is 32.2. The molecule has 0 fully saturated rings. The maximum atomic E-state index is 12.1. The number of fused-ring (bicyclic) bond motifs is 1. The van der Waals surface area contributed by atoms with Gasteiger partial charge >= 0.3 is 5.97 Å². The van der Waals surface area contributed by atoms with Crippen molar-refractivity contribution in [3.63, 3.8) is 0 Å². The molecule has 5 nitrogen and oxygen atoms in total. The van der Waals surface area contributed by atoms with Crippen molar-refractivity contribution >= 4 is 23.5 Å². The largest absolute Gasteiger partial charge is 0.464 e. The Morgan fingerprint density at radius 1 is 1.45 bits per heavy atom. The lowest BCUT2D eigenvalue weighted by molar-refractivity contribution is 0.0587. The second-order valence-corrected chi connectivity index (χ2v) is 7.50. The van der Waals surface area contributed by atoms with Gasteiger partial charge in [-0.1, -0.05) is 24.3 Å².